The molecule has 21 heavy (non-hydrogen) atoms. The van der Waals surface area contributed by atoms with Gasteiger partial charge in [0.15, 0.2) is 0 Å². The molecular formula is C14H15N5OS. The van der Waals surface area contributed by atoms with E-state index < -0.39 is 0 Å². The van der Waals surface area contributed by atoms with Gasteiger partial charge in [-0.05, 0) is 18.6 Å². The molecule has 0 saturated carbocycles. The largest absolute Gasteiger partial charge is 0.382 e. The molecular weight excluding hydrogens is 286 g/mol. The fourth-order valence-electron chi connectivity index (χ4n) is 2.71. The smallest absolute Gasteiger partial charge is 0.144 e. The van der Waals surface area contributed by atoms with Gasteiger partial charge in [-0.15, -0.1) is 11.3 Å². The van der Waals surface area contributed by atoms with Crippen molar-refractivity contribution in [2.45, 2.75) is 6.92 Å². The number of rotatable bonds is 1. The number of ether oxygens (including phenoxy) is 1. The molecule has 4 heterocycles. The number of hydrogen-bond donors (Lipinski definition) is 1. The molecule has 2 N–H and O–H groups in total. The van der Waals surface area contributed by atoms with E-state index in [1.807, 2.05) is 0 Å². The molecule has 1 aliphatic heterocycles. The number of nitrogens with two attached hydrogens (primary N) is 1. The molecule has 0 atom stereocenters. The second-order valence-electron chi connectivity index (χ2n) is 5.12. The summed E-state index contributed by atoms with van der Waals surface area (Å²) >= 11 is 1.56. The second-order valence-corrected chi connectivity index (χ2v) is 6.11. The molecule has 0 aromatic carbocycles. The predicted octanol–water partition coefficient (Wildman–Crippen LogP) is 1.97. The van der Waals surface area contributed by atoms with Gasteiger partial charge in [0.05, 0.1) is 23.4 Å². The Kier molecular flexibility index (Phi) is 2.90. The molecule has 6 nitrogen and oxygen atoms in total. The summed E-state index contributed by atoms with van der Waals surface area (Å²) in [5, 5.41) is 1.08. The molecule has 3 aromatic rings. The van der Waals surface area contributed by atoms with Gasteiger partial charge in [0.2, 0.25) is 0 Å². The third-order valence-corrected chi connectivity index (χ3v) is 4.87. The number of nitrogen functional groups attached to an aromatic ring is 1. The van der Waals surface area contributed by atoms with Crippen LogP contribution in [0.3, 0.4) is 0 Å². The van der Waals surface area contributed by atoms with Crippen LogP contribution in [0.15, 0.2) is 12.4 Å². The zero-order valence-corrected chi connectivity index (χ0v) is 12.5. The Hall–Kier alpha value is -1.99. The van der Waals surface area contributed by atoms with Crippen LogP contribution in [-0.4, -0.2) is 41.3 Å². The Morgan fingerprint density at radius 3 is 2.90 bits per heavy atom. The maximum atomic E-state index is 5.96. The second kappa shape index (κ2) is 4.78. The van der Waals surface area contributed by atoms with Gasteiger partial charge in [0, 0.05) is 18.5 Å². The summed E-state index contributed by atoms with van der Waals surface area (Å²) in [4.78, 5) is 16.5. The highest BCUT2D eigenvalue weighted by molar-refractivity contribution is 7.26. The Morgan fingerprint density at radius 2 is 2.10 bits per heavy atom. The van der Waals surface area contributed by atoms with Crippen molar-refractivity contribution in [1.82, 2.24) is 15.0 Å². The third kappa shape index (κ3) is 2.00. The number of aromatic nitrogens is 3. The molecule has 0 spiro atoms. The van der Waals surface area contributed by atoms with E-state index in [1.165, 1.54) is 11.9 Å². The lowest BCUT2D eigenvalue weighted by Crippen LogP contribution is -2.36. The van der Waals surface area contributed by atoms with Gasteiger partial charge in [-0.2, -0.15) is 0 Å². The number of nitrogens with zero attached hydrogens (tertiary/aromatic N) is 4. The van der Waals surface area contributed by atoms with Gasteiger partial charge in [-0.25, -0.2) is 15.0 Å². The normalized spacial score (nSPS) is 16.0. The summed E-state index contributed by atoms with van der Waals surface area (Å²) in [6.07, 6.45) is 1.51. The van der Waals surface area contributed by atoms with Crippen molar-refractivity contribution in [2.75, 3.05) is 36.9 Å². The number of thiophene rings is 1. The summed E-state index contributed by atoms with van der Waals surface area (Å²) in [7, 11) is 0. The monoisotopic (exact) mass is 301 g/mol. The van der Waals surface area contributed by atoms with E-state index in [4.69, 9.17) is 15.5 Å². The van der Waals surface area contributed by atoms with Gasteiger partial charge in [-0.1, -0.05) is 0 Å². The molecule has 0 bridgehead atoms. The molecule has 3 aromatic heterocycles. The highest BCUT2D eigenvalue weighted by Gasteiger charge is 2.17. The first-order chi connectivity index (χ1) is 10.2. The average molecular weight is 301 g/mol. The van der Waals surface area contributed by atoms with Crippen LogP contribution in [0.2, 0.25) is 0 Å². The van der Waals surface area contributed by atoms with E-state index in [0.29, 0.717) is 5.82 Å². The molecule has 0 unspecified atom stereocenters. The van der Waals surface area contributed by atoms with Crippen molar-refractivity contribution in [1.29, 1.82) is 0 Å². The van der Waals surface area contributed by atoms with Gasteiger partial charge >= 0.3 is 0 Å². The van der Waals surface area contributed by atoms with E-state index in [0.717, 1.165) is 52.6 Å². The Morgan fingerprint density at radius 1 is 1.29 bits per heavy atom. The van der Waals surface area contributed by atoms with Crippen LogP contribution in [0.5, 0.6) is 0 Å². The Bertz CT molecular complexity index is 825. The summed E-state index contributed by atoms with van der Waals surface area (Å²) < 4.78 is 6.32. The van der Waals surface area contributed by atoms with E-state index in [2.05, 4.69) is 27.9 Å². The van der Waals surface area contributed by atoms with Crippen molar-refractivity contribution >= 4 is 43.4 Å². The topological polar surface area (TPSA) is 77.2 Å². The van der Waals surface area contributed by atoms with Crippen LogP contribution in [0.1, 0.15) is 5.56 Å². The number of pyridine rings is 1. The van der Waals surface area contributed by atoms with Crippen molar-refractivity contribution in [3.05, 3.63) is 18.0 Å². The highest BCUT2D eigenvalue weighted by atomic mass is 32.1. The van der Waals surface area contributed by atoms with Crippen LogP contribution < -0.4 is 10.6 Å². The average Bonchev–Trinajstić information content (AvgIpc) is 2.89. The van der Waals surface area contributed by atoms with Crippen molar-refractivity contribution in [2.24, 2.45) is 0 Å². The van der Waals surface area contributed by atoms with Crippen LogP contribution in [0, 0.1) is 6.92 Å². The highest BCUT2D eigenvalue weighted by Crippen LogP contribution is 2.37. The minimum Gasteiger partial charge on any atom is -0.382 e. The molecule has 1 fully saturated rings. The molecule has 108 valence electrons. The van der Waals surface area contributed by atoms with Crippen LogP contribution in [0.4, 0.5) is 11.6 Å². The summed E-state index contributed by atoms with van der Waals surface area (Å²) in [5.41, 5.74) is 8.03. The number of aryl methyl sites for hydroxylation is 1. The van der Waals surface area contributed by atoms with Crippen LogP contribution in [-0.2, 0) is 4.74 Å². The van der Waals surface area contributed by atoms with Gasteiger partial charge in [-0.3, -0.25) is 0 Å². The van der Waals surface area contributed by atoms with E-state index in [-0.39, 0.29) is 0 Å². The van der Waals surface area contributed by atoms with E-state index in [1.54, 1.807) is 11.3 Å². The maximum Gasteiger partial charge on any atom is 0.144 e. The molecule has 1 aliphatic rings. The fraction of sp³-hybridized carbons (Fsp3) is 0.357. The summed E-state index contributed by atoms with van der Waals surface area (Å²) in [6.45, 7) is 5.36. The quantitative estimate of drug-likeness (QED) is 0.740. The van der Waals surface area contributed by atoms with Crippen molar-refractivity contribution in [3.8, 4) is 0 Å². The fourth-order valence-corrected chi connectivity index (χ4v) is 3.81. The standard InChI is InChI=1S/C14H15N5OS/c1-8-6-9(19-2-4-20-5-3-19)18-14-10(8)11-12(21-14)13(15)17-7-16-11/h6-7H,2-5H2,1H3,(H2,15,16,17). The lowest BCUT2D eigenvalue weighted by molar-refractivity contribution is 0.122. The van der Waals surface area contributed by atoms with E-state index in [9.17, 15) is 0 Å². The summed E-state index contributed by atoms with van der Waals surface area (Å²) in [6, 6.07) is 2.12. The zero-order valence-electron chi connectivity index (χ0n) is 11.7. The van der Waals surface area contributed by atoms with Crippen molar-refractivity contribution in [3.63, 3.8) is 0 Å². The minimum atomic E-state index is 0.523. The molecule has 0 amide bonds. The number of anilines is 2. The molecule has 1 saturated heterocycles. The SMILES string of the molecule is Cc1cc(N2CCOCC2)nc2sc3c(N)ncnc3c12. The van der Waals surface area contributed by atoms with Gasteiger partial charge in [0.25, 0.3) is 0 Å². The number of morpholine rings is 1. The lowest BCUT2D eigenvalue weighted by Gasteiger charge is -2.28. The first kappa shape index (κ1) is 12.7. The Labute approximate surface area is 125 Å². The molecule has 0 aliphatic carbocycles. The number of hydrogen-bond acceptors (Lipinski definition) is 7. The first-order valence-electron chi connectivity index (χ1n) is 6.87. The van der Waals surface area contributed by atoms with Crippen LogP contribution >= 0.6 is 11.3 Å². The first-order valence-corrected chi connectivity index (χ1v) is 7.69. The summed E-state index contributed by atoms with van der Waals surface area (Å²) in [5.74, 6) is 1.52. The minimum absolute atomic E-state index is 0.523. The van der Waals surface area contributed by atoms with Gasteiger partial charge < -0.3 is 15.4 Å². The molecule has 7 heteroatoms. The maximum absolute atomic E-state index is 5.96. The van der Waals surface area contributed by atoms with Crippen LogP contribution in [0.25, 0.3) is 20.4 Å². The van der Waals surface area contributed by atoms with E-state index >= 15 is 0 Å². The number of fused-ring (bicyclic) bond motifs is 3. The zero-order chi connectivity index (χ0) is 14.4. The van der Waals surface area contributed by atoms with Crippen molar-refractivity contribution < 1.29 is 4.74 Å². The predicted molar refractivity (Wildman–Crippen MR) is 84.9 cm³/mol. The molecule has 4 rings (SSSR count). The third-order valence-electron chi connectivity index (χ3n) is 3.77. The lowest BCUT2D eigenvalue weighted by atomic mass is 10.2. The molecule has 0 radical (unpaired) electrons. The Balaban J connectivity index is 1.93. The van der Waals surface area contributed by atoms with Gasteiger partial charge in [0.1, 0.15) is 22.8 Å².